The number of ether oxygens (including phenoxy) is 2. The molecule has 0 aliphatic carbocycles. The summed E-state index contributed by atoms with van der Waals surface area (Å²) in [6.45, 7) is 6.70. The molecule has 8 heteroatoms. The molecule has 29 heavy (non-hydrogen) atoms. The standard InChI is InChI=1S/C21H29BrN2O5/c1-4-5-6-9-28-19(26)12-17-21(27)23-7-8-24(17)18(25)13-29-20-14(2)10-16(22)11-15(20)3/h10-11,17H,4-9,12-13H2,1-3H3,(H,23,27). The van der Waals surface area contributed by atoms with E-state index in [-0.39, 0.29) is 24.8 Å². The molecule has 1 fully saturated rings. The highest BCUT2D eigenvalue weighted by Gasteiger charge is 2.35. The summed E-state index contributed by atoms with van der Waals surface area (Å²) in [5, 5.41) is 2.71. The van der Waals surface area contributed by atoms with Gasteiger partial charge in [0.15, 0.2) is 6.61 Å². The number of nitrogens with zero attached hydrogens (tertiary/aromatic N) is 1. The van der Waals surface area contributed by atoms with Crippen LogP contribution in [0.15, 0.2) is 16.6 Å². The van der Waals surface area contributed by atoms with Gasteiger partial charge in [0.2, 0.25) is 5.91 Å². The molecule has 1 aromatic carbocycles. The van der Waals surface area contributed by atoms with E-state index < -0.39 is 12.0 Å². The molecule has 1 aromatic rings. The summed E-state index contributed by atoms with van der Waals surface area (Å²) in [6, 6.07) is 2.96. The number of amides is 2. The minimum absolute atomic E-state index is 0.153. The maximum absolute atomic E-state index is 12.8. The normalized spacial score (nSPS) is 16.3. The molecule has 0 spiro atoms. The lowest BCUT2D eigenvalue weighted by molar-refractivity contribution is -0.152. The van der Waals surface area contributed by atoms with Crippen LogP contribution in [0.5, 0.6) is 5.75 Å². The van der Waals surface area contributed by atoms with Crippen LogP contribution in [0, 0.1) is 13.8 Å². The summed E-state index contributed by atoms with van der Waals surface area (Å²) < 4.78 is 11.9. The molecular formula is C21H29BrN2O5. The Bertz CT molecular complexity index is 730. The largest absolute Gasteiger partial charge is 0.483 e. The summed E-state index contributed by atoms with van der Waals surface area (Å²) in [5.74, 6) is -0.493. The van der Waals surface area contributed by atoms with Crippen LogP contribution in [0.1, 0.15) is 43.7 Å². The number of benzene rings is 1. The fourth-order valence-corrected chi connectivity index (χ4v) is 4.00. The molecule has 7 nitrogen and oxygen atoms in total. The summed E-state index contributed by atoms with van der Waals surface area (Å²) in [7, 11) is 0. The molecule has 1 N–H and O–H groups in total. The Balaban J connectivity index is 1.97. The Kier molecular flexibility index (Phi) is 8.95. The van der Waals surface area contributed by atoms with Crippen molar-refractivity contribution in [3.05, 3.63) is 27.7 Å². The van der Waals surface area contributed by atoms with Gasteiger partial charge >= 0.3 is 5.97 Å². The molecule has 2 rings (SSSR count). The molecule has 1 atom stereocenters. The lowest BCUT2D eigenvalue weighted by Crippen LogP contribution is -2.58. The van der Waals surface area contributed by atoms with E-state index in [0.717, 1.165) is 34.9 Å². The molecule has 1 saturated heterocycles. The van der Waals surface area contributed by atoms with Gasteiger partial charge in [-0.05, 0) is 43.5 Å². The van der Waals surface area contributed by atoms with Crippen molar-refractivity contribution in [3.8, 4) is 5.75 Å². The Morgan fingerprint density at radius 1 is 1.24 bits per heavy atom. The second kappa shape index (κ2) is 11.2. The van der Waals surface area contributed by atoms with E-state index in [4.69, 9.17) is 9.47 Å². The summed E-state index contributed by atoms with van der Waals surface area (Å²) in [4.78, 5) is 38.6. The second-order valence-corrected chi connectivity index (χ2v) is 8.10. The average molecular weight is 469 g/mol. The number of aryl methyl sites for hydroxylation is 2. The van der Waals surface area contributed by atoms with Crippen molar-refractivity contribution < 1.29 is 23.9 Å². The zero-order valence-corrected chi connectivity index (χ0v) is 18.8. The maximum Gasteiger partial charge on any atom is 0.308 e. The number of esters is 1. The van der Waals surface area contributed by atoms with Gasteiger partial charge in [-0.3, -0.25) is 14.4 Å². The van der Waals surface area contributed by atoms with Crippen molar-refractivity contribution in [2.24, 2.45) is 0 Å². The van der Waals surface area contributed by atoms with Crippen LogP contribution in [-0.4, -0.2) is 55.0 Å². The smallest absolute Gasteiger partial charge is 0.308 e. The number of halogens is 1. The Morgan fingerprint density at radius 2 is 1.93 bits per heavy atom. The van der Waals surface area contributed by atoms with Gasteiger partial charge in [0, 0.05) is 17.6 Å². The molecular weight excluding hydrogens is 440 g/mol. The molecule has 0 radical (unpaired) electrons. The first-order valence-electron chi connectivity index (χ1n) is 9.95. The zero-order chi connectivity index (χ0) is 21.4. The van der Waals surface area contributed by atoms with Crippen LogP contribution >= 0.6 is 15.9 Å². The number of carbonyl (C=O) groups is 3. The Morgan fingerprint density at radius 3 is 2.59 bits per heavy atom. The predicted molar refractivity (Wildman–Crippen MR) is 113 cm³/mol. The number of hydrogen-bond donors (Lipinski definition) is 1. The van der Waals surface area contributed by atoms with Gasteiger partial charge in [-0.2, -0.15) is 0 Å². The second-order valence-electron chi connectivity index (χ2n) is 7.18. The summed E-state index contributed by atoms with van der Waals surface area (Å²) in [5.41, 5.74) is 1.82. The van der Waals surface area contributed by atoms with Crippen molar-refractivity contribution in [1.82, 2.24) is 10.2 Å². The molecule has 2 amide bonds. The van der Waals surface area contributed by atoms with Gasteiger partial charge in [0.05, 0.1) is 13.0 Å². The van der Waals surface area contributed by atoms with Gasteiger partial charge < -0.3 is 19.7 Å². The first-order chi connectivity index (χ1) is 13.8. The number of rotatable bonds is 9. The minimum Gasteiger partial charge on any atom is -0.483 e. The van der Waals surface area contributed by atoms with E-state index >= 15 is 0 Å². The van der Waals surface area contributed by atoms with Gasteiger partial charge in [-0.1, -0.05) is 35.7 Å². The fourth-order valence-electron chi connectivity index (χ4n) is 3.31. The van der Waals surface area contributed by atoms with Crippen molar-refractivity contribution in [2.45, 2.75) is 52.5 Å². The van der Waals surface area contributed by atoms with E-state index in [9.17, 15) is 14.4 Å². The summed E-state index contributed by atoms with van der Waals surface area (Å²) >= 11 is 3.43. The third-order valence-electron chi connectivity index (χ3n) is 4.79. The number of piperazine rings is 1. The molecule has 1 unspecified atom stereocenters. The number of carbonyl (C=O) groups excluding carboxylic acids is 3. The summed E-state index contributed by atoms with van der Waals surface area (Å²) in [6.07, 6.45) is 2.65. The molecule has 1 aliphatic rings. The SMILES string of the molecule is CCCCCOC(=O)CC1C(=O)NCCN1C(=O)COc1c(C)cc(Br)cc1C. The van der Waals surface area contributed by atoms with E-state index in [0.29, 0.717) is 25.4 Å². The highest BCUT2D eigenvalue weighted by Crippen LogP contribution is 2.27. The molecule has 0 bridgehead atoms. The van der Waals surface area contributed by atoms with Crippen molar-refractivity contribution in [3.63, 3.8) is 0 Å². The zero-order valence-electron chi connectivity index (χ0n) is 17.3. The van der Waals surface area contributed by atoms with E-state index in [1.54, 1.807) is 0 Å². The number of nitrogens with one attached hydrogen (secondary N) is 1. The van der Waals surface area contributed by atoms with Gasteiger partial charge in [-0.15, -0.1) is 0 Å². The highest BCUT2D eigenvalue weighted by atomic mass is 79.9. The molecule has 0 aromatic heterocycles. The number of hydrogen-bond acceptors (Lipinski definition) is 5. The van der Waals surface area contributed by atoms with Crippen LogP contribution < -0.4 is 10.1 Å². The molecule has 1 heterocycles. The van der Waals surface area contributed by atoms with E-state index in [1.165, 1.54) is 4.90 Å². The minimum atomic E-state index is -0.870. The van der Waals surface area contributed by atoms with Crippen LogP contribution in [0.3, 0.4) is 0 Å². The quantitative estimate of drug-likeness (QED) is 0.444. The topological polar surface area (TPSA) is 84.9 Å². The third kappa shape index (κ3) is 6.73. The number of unbranched alkanes of at least 4 members (excludes halogenated alkanes) is 2. The molecule has 0 saturated carbocycles. The average Bonchev–Trinajstić information content (AvgIpc) is 2.65. The first-order valence-corrected chi connectivity index (χ1v) is 10.7. The van der Waals surface area contributed by atoms with Crippen molar-refractivity contribution in [2.75, 3.05) is 26.3 Å². The third-order valence-corrected chi connectivity index (χ3v) is 5.25. The van der Waals surface area contributed by atoms with Crippen molar-refractivity contribution >= 4 is 33.7 Å². The Labute approximate surface area is 180 Å². The van der Waals surface area contributed by atoms with Crippen LogP contribution in [-0.2, 0) is 19.1 Å². The maximum atomic E-state index is 12.8. The monoisotopic (exact) mass is 468 g/mol. The lowest BCUT2D eigenvalue weighted by Gasteiger charge is -2.34. The Hall–Kier alpha value is -2.09. The molecule has 160 valence electrons. The van der Waals surface area contributed by atoms with E-state index in [1.807, 2.05) is 26.0 Å². The van der Waals surface area contributed by atoms with Crippen LogP contribution in [0.4, 0.5) is 0 Å². The highest BCUT2D eigenvalue weighted by molar-refractivity contribution is 9.10. The van der Waals surface area contributed by atoms with Gasteiger partial charge in [0.25, 0.3) is 5.91 Å². The van der Waals surface area contributed by atoms with Crippen LogP contribution in [0.2, 0.25) is 0 Å². The predicted octanol–water partition coefficient (Wildman–Crippen LogP) is 2.90. The molecule has 1 aliphatic heterocycles. The van der Waals surface area contributed by atoms with Crippen molar-refractivity contribution in [1.29, 1.82) is 0 Å². The fraction of sp³-hybridized carbons (Fsp3) is 0.571. The first kappa shape index (κ1) is 23.2. The van der Waals surface area contributed by atoms with Gasteiger partial charge in [-0.25, -0.2) is 0 Å². The van der Waals surface area contributed by atoms with Crippen LogP contribution in [0.25, 0.3) is 0 Å². The van der Waals surface area contributed by atoms with Gasteiger partial charge in [0.1, 0.15) is 11.8 Å². The lowest BCUT2D eigenvalue weighted by atomic mass is 10.1. The van der Waals surface area contributed by atoms with E-state index in [2.05, 4.69) is 28.2 Å².